The summed E-state index contributed by atoms with van der Waals surface area (Å²) in [5, 5.41) is 2.65. The minimum absolute atomic E-state index is 0.00510. The largest absolute Gasteiger partial charge is 0.522 e. The van der Waals surface area contributed by atoms with E-state index in [4.69, 9.17) is 0 Å². The van der Waals surface area contributed by atoms with Crippen molar-refractivity contribution >= 4 is 5.69 Å². The van der Waals surface area contributed by atoms with Crippen LogP contribution in [0.1, 0.15) is 0 Å². The third-order valence-electron chi connectivity index (χ3n) is 1.54. The van der Waals surface area contributed by atoms with Gasteiger partial charge in [0.05, 0.1) is 6.61 Å². The number of rotatable bonds is 4. The van der Waals surface area contributed by atoms with E-state index in [0.29, 0.717) is 5.69 Å². The van der Waals surface area contributed by atoms with Crippen molar-refractivity contribution in [2.45, 2.75) is 6.36 Å². The minimum atomic E-state index is -4.61. The average molecular weight is 223 g/mol. The highest BCUT2D eigenvalue weighted by atomic mass is 19.4. The number of nitrogens with one attached hydrogen (secondary N) is 1. The first-order valence-corrected chi connectivity index (χ1v) is 4.17. The van der Waals surface area contributed by atoms with Gasteiger partial charge in [0, 0.05) is 12.2 Å². The number of anilines is 1. The Morgan fingerprint density at radius 1 is 1.13 bits per heavy atom. The van der Waals surface area contributed by atoms with Crippen molar-refractivity contribution in [1.29, 1.82) is 0 Å². The molecule has 0 saturated heterocycles. The van der Waals surface area contributed by atoms with E-state index in [9.17, 15) is 17.6 Å². The average Bonchev–Trinajstić information content (AvgIpc) is 2.14. The van der Waals surface area contributed by atoms with Crippen molar-refractivity contribution < 1.29 is 22.3 Å². The monoisotopic (exact) mass is 223 g/mol. The molecule has 1 rings (SSSR count). The quantitative estimate of drug-likeness (QED) is 0.626. The van der Waals surface area contributed by atoms with Crippen LogP contribution in [0.15, 0.2) is 24.3 Å². The summed E-state index contributed by atoms with van der Waals surface area (Å²) in [7, 11) is 0. The maximum absolute atomic E-state index is 12.4. The van der Waals surface area contributed by atoms with E-state index >= 15 is 0 Å². The Hall–Kier alpha value is -1.30. The molecule has 0 heterocycles. The Bertz CT molecular complexity index is 296. The fourth-order valence-corrected chi connectivity index (χ4v) is 0.930. The van der Waals surface area contributed by atoms with Crippen LogP contribution in [0.25, 0.3) is 0 Å². The van der Waals surface area contributed by atoms with Crippen molar-refractivity contribution in [2.75, 3.05) is 18.5 Å². The number of halogens is 4. The molecular formula is C9H9F4NO. The van der Waals surface area contributed by atoms with E-state index in [-0.39, 0.29) is 6.54 Å². The molecule has 6 heteroatoms. The van der Waals surface area contributed by atoms with Crippen molar-refractivity contribution in [3.05, 3.63) is 30.1 Å². The van der Waals surface area contributed by atoms with E-state index < -0.39 is 18.8 Å². The Morgan fingerprint density at radius 2 is 1.73 bits per heavy atom. The molecule has 0 atom stereocenters. The summed E-state index contributed by atoms with van der Waals surface area (Å²) in [4.78, 5) is 0. The van der Waals surface area contributed by atoms with E-state index in [0.717, 1.165) is 0 Å². The zero-order chi connectivity index (χ0) is 11.3. The maximum Gasteiger partial charge on any atom is 0.522 e. The van der Waals surface area contributed by atoms with Crippen LogP contribution in [0.3, 0.4) is 0 Å². The summed E-state index contributed by atoms with van der Waals surface area (Å²) in [5.41, 5.74) is 0.544. The van der Waals surface area contributed by atoms with Gasteiger partial charge in [-0.1, -0.05) is 0 Å². The predicted octanol–water partition coefficient (Wildman–Crippen LogP) is 2.77. The van der Waals surface area contributed by atoms with Gasteiger partial charge in [-0.25, -0.2) is 4.39 Å². The molecule has 0 fully saturated rings. The van der Waals surface area contributed by atoms with E-state index in [2.05, 4.69) is 10.1 Å². The van der Waals surface area contributed by atoms with Crippen LogP contribution in [0.5, 0.6) is 0 Å². The van der Waals surface area contributed by atoms with Crippen LogP contribution in [0.2, 0.25) is 0 Å². The lowest BCUT2D eigenvalue weighted by Gasteiger charge is -2.08. The Balaban J connectivity index is 2.23. The van der Waals surface area contributed by atoms with Gasteiger partial charge in [0.1, 0.15) is 5.82 Å². The van der Waals surface area contributed by atoms with Gasteiger partial charge in [-0.3, -0.25) is 4.74 Å². The summed E-state index contributed by atoms with van der Waals surface area (Å²) in [6.07, 6.45) is -4.61. The first kappa shape index (κ1) is 11.8. The molecule has 0 unspecified atom stereocenters. The molecule has 1 aromatic rings. The number of alkyl halides is 3. The smallest absolute Gasteiger partial charge is 0.383 e. The predicted molar refractivity (Wildman–Crippen MR) is 46.9 cm³/mol. The molecule has 0 amide bonds. The van der Waals surface area contributed by atoms with E-state index in [1.807, 2.05) is 0 Å². The van der Waals surface area contributed by atoms with Crippen molar-refractivity contribution in [1.82, 2.24) is 0 Å². The second-order valence-electron chi connectivity index (χ2n) is 2.73. The van der Waals surface area contributed by atoms with Gasteiger partial charge in [0.15, 0.2) is 0 Å². The van der Waals surface area contributed by atoms with Crippen LogP contribution >= 0.6 is 0 Å². The molecule has 0 aliphatic heterocycles. The van der Waals surface area contributed by atoms with Crippen LogP contribution in [-0.2, 0) is 4.74 Å². The highest BCUT2D eigenvalue weighted by Gasteiger charge is 2.28. The topological polar surface area (TPSA) is 21.3 Å². The van der Waals surface area contributed by atoms with Crippen LogP contribution in [0.4, 0.5) is 23.2 Å². The van der Waals surface area contributed by atoms with Gasteiger partial charge in [-0.05, 0) is 24.3 Å². The first-order valence-electron chi connectivity index (χ1n) is 4.17. The summed E-state index contributed by atoms with van der Waals surface area (Å²) >= 11 is 0. The van der Waals surface area contributed by atoms with E-state index in [1.54, 1.807) is 0 Å². The normalized spacial score (nSPS) is 11.5. The zero-order valence-corrected chi connectivity index (χ0v) is 7.64. The molecule has 0 aromatic heterocycles. The van der Waals surface area contributed by atoms with Gasteiger partial charge in [0.2, 0.25) is 0 Å². The van der Waals surface area contributed by atoms with Gasteiger partial charge in [0.25, 0.3) is 0 Å². The molecule has 0 radical (unpaired) electrons. The number of ether oxygens (including phenoxy) is 1. The fraction of sp³-hybridized carbons (Fsp3) is 0.333. The molecule has 0 aliphatic carbocycles. The summed E-state index contributed by atoms with van der Waals surface area (Å²) in [5.74, 6) is -0.396. The number of hydrogen-bond donors (Lipinski definition) is 1. The zero-order valence-electron chi connectivity index (χ0n) is 7.64. The molecule has 15 heavy (non-hydrogen) atoms. The summed E-state index contributed by atoms with van der Waals surface area (Å²) in [6, 6.07) is 5.30. The maximum atomic E-state index is 12.4. The fourth-order valence-electron chi connectivity index (χ4n) is 0.930. The molecule has 84 valence electrons. The molecule has 1 N–H and O–H groups in total. The van der Waals surface area contributed by atoms with Gasteiger partial charge < -0.3 is 5.32 Å². The second kappa shape index (κ2) is 4.97. The van der Waals surface area contributed by atoms with Crippen LogP contribution < -0.4 is 5.32 Å². The highest BCUT2D eigenvalue weighted by molar-refractivity contribution is 5.42. The lowest BCUT2D eigenvalue weighted by molar-refractivity contribution is -0.322. The molecule has 0 aliphatic rings. The molecule has 2 nitrogen and oxygen atoms in total. The van der Waals surface area contributed by atoms with Crippen molar-refractivity contribution in [3.63, 3.8) is 0 Å². The minimum Gasteiger partial charge on any atom is -0.383 e. The SMILES string of the molecule is Fc1ccc(NCCOC(F)(F)F)cc1. The molecule has 1 aromatic carbocycles. The van der Waals surface area contributed by atoms with Crippen LogP contribution in [-0.4, -0.2) is 19.5 Å². The summed E-state index contributed by atoms with van der Waals surface area (Å²) < 4.78 is 50.6. The summed E-state index contributed by atoms with van der Waals surface area (Å²) in [6.45, 7) is -0.480. The third-order valence-corrected chi connectivity index (χ3v) is 1.54. The Labute approximate surface area is 83.9 Å². The van der Waals surface area contributed by atoms with E-state index in [1.165, 1.54) is 24.3 Å². The van der Waals surface area contributed by atoms with Crippen LogP contribution in [0, 0.1) is 5.82 Å². The molecular weight excluding hydrogens is 214 g/mol. The van der Waals surface area contributed by atoms with Gasteiger partial charge in [-0.2, -0.15) is 0 Å². The number of hydrogen-bond acceptors (Lipinski definition) is 2. The molecule has 0 saturated carbocycles. The lowest BCUT2D eigenvalue weighted by atomic mass is 10.3. The Kier molecular flexibility index (Phi) is 3.90. The first-order chi connectivity index (χ1) is 6.97. The Morgan fingerprint density at radius 3 is 2.27 bits per heavy atom. The van der Waals surface area contributed by atoms with Gasteiger partial charge >= 0.3 is 6.36 Å². The van der Waals surface area contributed by atoms with Gasteiger partial charge in [-0.15, -0.1) is 13.2 Å². The van der Waals surface area contributed by atoms with Crippen molar-refractivity contribution in [2.24, 2.45) is 0 Å². The number of benzene rings is 1. The third kappa shape index (κ3) is 5.21. The highest BCUT2D eigenvalue weighted by Crippen LogP contribution is 2.15. The molecule has 0 bridgehead atoms. The second-order valence-corrected chi connectivity index (χ2v) is 2.73. The van der Waals surface area contributed by atoms with Crippen molar-refractivity contribution in [3.8, 4) is 0 Å². The molecule has 0 spiro atoms. The lowest BCUT2D eigenvalue weighted by Crippen LogP contribution is -2.19. The standard InChI is InChI=1S/C9H9F4NO/c10-7-1-3-8(4-2-7)14-5-6-15-9(11,12)13/h1-4,14H,5-6H2.